The minimum absolute atomic E-state index is 0.0300. The highest BCUT2D eigenvalue weighted by atomic mass is 32.1. The first-order valence-electron chi connectivity index (χ1n) is 9.43. The van der Waals surface area contributed by atoms with Crippen LogP contribution >= 0.6 is 11.5 Å². The molecule has 2 aromatic carbocycles. The van der Waals surface area contributed by atoms with Gasteiger partial charge in [-0.3, -0.25) is 0 Å². The lowest BCUT2D eigenvalue weighted by Gasteiger charge is -2.38. The van der Waals surface area contributed by atoms with E-state index in [4.69, 9.17) is 14.2 Å². The average molecular weight is 395 g/mol. The molecule has 3 aromatic rings. The van der Waals surface area contributed by atoms with Gasteiger partial charge in [-0.05, 0) is 30.5 Å². The van der Waals surface area contributed by atoms with Gasteiger partial charge in [-0.25, -0.2) is 0 Å². The fourth-order valence-electron chi connectivity index (χ4n) is 3.80. The van der Waals surface area contributed by atoms with E-state index in [-0.39, 0.29) is 5.41 Å². The quantitative estimate of drug-likeness (QED) is 0.702. The maximum Gasteiger partial charge on any atom is 0.231 e. The smallest absolute Gasteiger partial charge is 0.231 e. The zero-order chi connectivity index (χ0) is 18.8. The van der Waals surface area contributed by atoms with Crippen molar-refractivity contribution in [2.45, 2.75) is 18.3 Å². The third kappa shape index (κ3) is 3.31. The van der Waals surface area contributed by atoms with Gasteiger partial charge in [-0.2, -0.15) is 9.36 Å². The summed E-state index contributed by atoms with van der Waals surface area (Å²) in [6, 6.07) is 16.3. The van der Waals surface area contributed by atoms with Crippen molar-refractivity contribution in [3.63, 3.8) is 0 Å². The molecule has 1 saturated heterocycles. The van der Waals surface area contributed by atoms with Crippen molar-refractivity contribution in [3.8, 4) is 22.9 Å². The molecule has 3 heterocycles. The fraction of sp³-hybridized carbons (Fsp3) is 0.333. The Labute approximate surface area is 167 Å². The Morgan fingerprint density at radius 3 is 2.68 bits per heavy atom. The van der Waals surface area contributed by atoms with Gasteiger partial charge in [0, 0.05) is 42.3 Å². The standard InChI is InChI=1S/C21H21N3O3S/c1-2-4-15(5-3-1)19-23-20(28-24-19)22-13-21(8-10-25-11-9-21)16-6-7-17-18(12-16)27-14-26-17/h1-7,12H,8-11,13-14H2,(H,22,23,24). The first-order valence-corrected chi connectivity index (χ1v) is 10.2. The molecule has 0 aliphatic carbocycles. The highest BCUT2D eigenvalue weighted by molar-refractivity contribution is 7.09. The summed E-state index contributed by atoms with van der Waals surface area (Å²) in [4.78, 5) is 4.67. The summed E-state index contributed by atoms with van der Waals surface area (Å²) in [6.07, 6.45) is 1.90. The van der Waals surface area contributed by atoms with E-state index in [1.165, 1.54) is 17.1 Å². The number of nitrogens with zero attached hydrogens (tertiary/aromatic N) is 2. The third-order valence-corrected chi connectivity index (χ3v) is 6.14. The molecule has 1 fully saturated rings. The first-order chi connectivity index (χ1) is 13.8. The van der Waals surface area contributed by atoms with Crippen LogP contribution in [0.5, 0.6) is 11.5 Å². The van der Waals surface area contributed by atoms with Gasteiger partial charge in [0.2, 0.25) is 11.9 Å². The zero-order valence-corrected chi connectivity index (χ0v) is 16.2. The molecule has 0 bridgehead atoms. The van der Waals surface area contributed by atoms with Crippen LogP contribution in [-0.4, -0.2) is 35.9 Å². The normalized spacial score (nSPS) is 17.4. The maximum atomic E-state index is 5.64. The molecule has 144 valence electrons. The van der Waals surface area contributed by atoms with Gasteiger partial charge in [0.25, 0.3) is 0 Å². The van der Waals surface area contributed by atoms with Crippen LogP contribution in [0.15, 0.2) is 48.5 Å². The first kappa shape index (κ1) is 17.5. The average Bonchev–Trinajstić information content (AvgIpc) is 3.42. The molecule has 0 amide bonds. The van der Waals surface area contributed by atoms with Gasteiger partial charge in [0.15, 0.2) is 17.3 Å². The number of hydrogen-bond donors (Lipinski definition) is 1. The molecule has 0 unspecified atom stereocenters. The number of benzene rings is 2. The third-order valence-electron chi connectivity index (χ3n) is 5.47. The minimum atomic E-state index is -0.0300. The Morgan fingerprint density at radius 2 is 1.82 bits per heavy atom. The van der Waals surface area contributed by atoms with E-state index in [2.05, 4.69) is 26.8 Å². The Morgan fingerprint density at radius 1 is 1.00 bits per heavy atom. The summed E-state index contributed by atoms with van der Waals surface area (Å²) in [5.41, 5.74) is 2.25. The molecule has 1 N–H and O–H groups in total. The van der Waals surface area contributed by atoms with E-state index in [1.54, 1.807) is 0 Å². The largest absolute Gasteiger partial charge is 0.454 e. The zero-order valence-electron chi connectivity index (χ0n) is 15.4. The molecule has 5 rings (SSSR count). The number of hydrogen-bond acceptors (Lipinski definition) is 7. The van der Waals surface area contributed by atoms with Crippen LogP contribution in [0.25, 0.3) is 11.4 Å². The predicted octanol–water partition coefficient (Wildman–Crippen LogP) is 4.09. The minimum Gasteiger partial charge on any atom is -0.454 e. The monoisotopic (exact) mass is 395 g/mol. The van der Waals surface area contributed by atoms with Crippen molar-refractivity contribution in [1.82, 2.24) is 9.36 Å². The van der Waals surface area contributed by atoms with Crippen molar-refractivity contribution in [2.75, 3.05) is 31.9 Å². The number of anilines is 1. The van der Waals surface area contributed by atoms with E-state index in [0.29, 0.717) is 6.79 Å². The molecule has 2 aliphatic heterocycles. The Kier molecular flexibility index (Phi) is 4.62. The van der Waals surface area contributed by atoms with Crippen LogP contribution in [-0.2, 0) is 10.2 Å². The predicted molar refractivity (Wildman–Crippen MR) is 108 cm³/mol. The lowest BCUT2D eigenvalue weighted by molar-refractivity contribution is 0.0543. The number of ether oxygens (including phenoxy) is 3. The highest BCUT2D eigenvalue weighted by Crippen LogP contribution is 2.41. The molecule has 0 atom stereocenters. The lowest BCUT2D eigenvalue weighted by Crippen LogP contribution is -2.40. The van der Waals surface area contributed by atoms with Crippen LogP contribution < -0.4 is 14.8 Å². The number of nitrogens with one attached hydrogen (secondary N) is 1. The van der Waals surface area contributed by atoms with Crippen LogP contribution in [0.3, 0.4) is 0 Å². The van der Waals surface area contributed by atoms with Gasteiger partial charge < -0.3 is 19.5 Å². The van der Waals surface area contributed by atoms with Crippen molar-refractivity contribution >= 4 is 16.7 Å². The van der Waals surface area contributed by atoms with E-state index >= 15 is 0 Å². The van der Waals surface area contributed by atoms with Crippen molar-refractivity contribution in [1.29, 1.82) is 0 Å². The summed E-state index contributed by atoms with van der Waals surface area (Å²) in [6.45, 7) is 2.57. The van der Waals surface area contributed by atoms with Crippen LogP contribution in [0.4, 0.5) is 5.13 Å². The second-order valence-corrected chi connectivity index (χ2v) is 7.86. The molecule has 1 aromatic heterocycles. The summed E-state index contributed by atoms with van der Waals surface area (Å²) >= 11 is 1.40. The van der Waals surface area contributed by atoms with Gasteiger partial charge in [0.1, 0.15) is 0 Å². The Bertz CT molecular complexity index is 955. The Balaban J connectivity index is 1.37. The van der Waals surface area contributed by atoms with Crippen LogP contribution in [0, 0.1) is 0 Å². The highest BCUT2D eigenvalue weighted by Gasteiger charge is 2.35. The summed E-state index contributed by atoms with van der Waals surface area (Å²) < 4.78 is 21.2. The van der Waals surface area contributed by atoms with Crippen molar-refractivity contribution in [3.05, 3.63) is 54.1 Å². The molecule has 0 saturated carbocycles. The summed E-state index contributed by atoms with van der Waals surface area (Å²) in [5.74, 6) is 2.40. The molecule has 0 radical (unpaired) electrons. The van der Waals surface area contributed by atoms with Gasteiger partial charge >= 0.3 is 0 Å². The van der Waals surface area contributed by atoms with Crippen molar-refractivity contribution in [2.24, 2.45) is 0 Å². The summed E-state index contributed by atoms with van der Waals surface area (Å²) in [5, 5.41) is 4.37. The Hall–Kier alpha value is -2.64. The summed E-state index contributed by atoms with van der Waals surface area (Å²) in [7, 11) is 0. The maximum absolute atomic E-state index is 5.64. The van der Waals surface area contributed by atoms with Crippen LogP contribution in [0.1, 0.15) is 18.4 Å². The lowest BCUT2D eigenvalue weighted by atomic mass is 9.74. The van der Waals surface area contributed by atoms with E-state index in [0.717, 1.165) is 60.6 Å². The second kappa shape index (κ2) is 7.41. The van der Waals surface area contributed by atoms with E-state index < -0.39 is 0 Å². The number of fused-ring (bicyclic) bond motifs is 1. The molecule has 6 nitrogen and oxygen atoms in total. The molecular formula is C21H21N3O3S. The molecule has 2 aliphatic rings. The van der Waals surface area contributed by atoms with E-state index in [1.807, 2.05) is 36.4 Å². The van der Waals surface area contributed by atoms with Crippen molar-refractivity contribution < 1.29 is 14.2 Å². The second-order valence-electron chi connectivity index (χ2n) is 7.10. The topological polar surface area (TPSA) is 65.5 Å². The van der Waals surface area contributed by atoms with Gasteiger partial charge in [-0.1, -0.05) is 36.4 Å². The molecule has 7 heteroatoms. The van der Waals surface area contributed by atoms with Gasteiger partial charge in [0.05, 0.1) is 0 Å². The number of rotatable bonds is 5. The fourth-order valence-corrected chi connectivity index (χ4v) is 4.38. The van der Waals surface area contributed by atoms with Crippen LogP contribution in [0.2, 0.25) is 0 Å². The molecule has 28 heavy (non-hydrogen) atoms. The van der Waals surface area contributed by atoms with E-state index in [9.17, 15) is 0 Å². The molecular weight excluding hydrogens is 374 g/mol. The number of aromatic nitrogens is 2. The molecule has 0 spiro atoms. The van der Waals surface area contributed by atoms with Gasteiger partial charge in [-0.15, -0.1) is 0 Å². The SMILES string of the molecule is c1ccc(-c2nsc(NCC3(c4ccc5c(c4)OCO5)CCOCC3)n2)cc1.